The van der Waals surface area contributed by atoms with Gasteiger partial charge in [-0.25, -0.2) is 9.87 Å². The Morgan fingerprint density at radius 2 is 2.12 bits per heavy atom. The number of halogens is 1. The van der Waals surface area contributed by atoms with Crippen molar-refractivity contribution >= 4 is 22.9 Å². The Bertz CT molecular complexity index is 1150. The van der Waals surface area contributed by atoms with Crippen LogP contribution in [0, 0.1) is 12.7 Å². The maximum atomic E-state index is 13.8. The molecule has 0 saturated carbocycles. The van der Waals surface area contributed by atoms with E-state index in [9.17, 15) is 14.3 Å². The van der Waals surface area contributed by atoms with Crippen LogP contribution in [0.1, 0.15) is 40.4 Å². The number of nitrogens with zero attached hydrogens (tertiary/aromatic N) is 1. The summed E-state index contributed by atoms with van der Waals surface area (Å²) in [7, 11) is 0. The number of aryl methyl sites for hydroxylation is 2. The number of nitrogens with one attached hydrogen (secondary N) is 2. The number of hydrogen-bond acceptors (Lipinski definition) is 4. The van der Waals surface area contributed by atoms with Crippen LogP contribution in [0.15, 0.2) is 42.5 Å². The third-order valence-electron chi connectivity index (χ3n) is 6.31. The van der Waals surface area contributed by atoms with Crippen LogP contribution in [0.5, 0.6) is 0 Å². The second kappa shape index (κ2) is 9.65. The van der Waals surface area contributed by atoms with Crippen molar-refractivity contribution in [1.82, 2.24) is 15.4 Å². The molecule has 7 heteroatoms. The Hall–Kier alpha value is -3.00. The third-order valence-corrected chi connectivity index (χ3v) is 6.31. The minimum atomic E-state index is -0.565. The summed E-state index contributed by atoms with van der Waals surface area (Å²) in [5.41, 5.74) is 8.06. The Morgan fingerprint density at radius 1 is 1.28 bits per heavy atom. The second-order valence-electron chi connectivity index (χ2n) is 8.25. The maximum Gasteiger partial charge on any atom is 0.267 e. The molecular formula is C25H28FN3O3. The number of carbonyl (C=O) groups excluding carboxylic acids is 1. The van der Waals surface area contributed by atoms with Gasteiger partial charge in [0.25, 0.3) is 5.91 Å². The molecule has 0 radical (unpaired) electrons. The molecule has 6 nitrogen and oxygen atoms in total. The molecule has 1 aliphatic carbocycles. The summed E-state index contributed by atoms with van der Waals surface area (Å²) in [5.74, 6) is -0.805. The number of aliphatic hydroxyl groups excluding tert-OH is 1. The normalized spacial score (nSPS) is 15.7. The summed E-state index contributed by atoms with van der Waals surface area (Å²) in [6.07, 6.45) is 5.61. The monoisotopic (exact) mass is 437 g/mol. The third kappa shape index (κ3) is 4.60. The molecule has 0 saturated heterocycles. The number of amides is 1. The fourth-order valence-electron chi connectivity index (χ4n) is 4.79. The van der Waals surface area contributed by atoms with Gasteiger partial charge in [-0.2, -0.15) is 0 Å². The molecule has 168 valence electrons. The van der Waals surface area contributed by atoms with E-state index in [-0.39, 0.29) is 18.5 Å². The first-order chi connectivity index (χ1) is 15.5. The van der Waals surface area contributed by atoms with E-state index in [0.717, 1.165) is 53.5 Å². The first-order valence-corrected chi connectivity index (χ1v) is 10.9. The summed E-state index contributed by atoms with van der Waals surface area (Å²) in [6.45, 7) is 3.41. The smallest absolute Gasteiger partial charge is 0.267 e. The standard InChI is InChI=1S/C25H28FN3O3/c1-16-20(22-15-19(26)5-7-23(22)27-16)10-11-29(12-13-30)24-8-4-18-14-17(2-6-21(18)24)3-9-25(31)28-32/h2-3,5-7,9,14-15,24,27,30,32H,4,8,10-13H2,1H3,(H,28,31). The summed E-state index contributed by atoms with van der Waals surface area (Å²) < 4.78 is 13.8. The lowest BCUT2D eigenvalue weighted by atomic mass is 10.0. The number of aliphatic hydroxyl groups is 1. The van der Waals surface area contributed by atoms with Gasteiger partial charge in [-0.3, -0.25) is 14.9 Å². The van der Waals surface area contributed by atoms with Gasteiger partial charge in [0, 0.05) is 41.8 Å². The highest BCUT2D eigenvalue weighted by Gasteiger charge is 2.28. The molecule has 4 rings (SSSR count). The molecule has 32 heavy (non-hydrogen) atoms. The van der Waals surface area contributed by atoms with Gasteiger partial charge in [0.15, 0.2) is 0 Å². The summed E-state index contributed by atoms with van der Waals surface area (Å²) in [4.78, 5) is 16.9. The zero-order valence-electron chi connectivity index (χ0n) is 18.1. The molecule has 2 aromatic carbocycles. The van der Waals surface area contributed by atoms with Crippen LogP contribution in [0.25, 0.3) is 17.0 Å². The molecule has 0 fully saturated rings. The molecular weight excluding hydrogens is 409 g/mol. The van der Waals surface area contributed by atoms with Crippen LogP contribution in [-0.2, 0) is 17.6 Å². The van der Waals surface area contributed by atoms with Crippen molar-refractivity contribution in [2.75, 3.05) is 19.7 Å². The number of hydrogen-bond donors (Lipinski definition) is 4. The Kier molecular flexibility index (Phi) is 6.69. The first kappa shape index (κ1) is 22.2. The summed E-state index contributed by atoms with van der Waals surface area (Å²) in [5, 5.41) is 19.2. The van der Waals surface area contributed by atoms with Gasteiger partial charge in [-0.15, -0.1) is 0 Å². The minimum absolute atomic E-state index is 0.0738. The van der Waals surface area contributed by atoms with E-state index in [1.54, 1.807) is 23.7 Å². The van der Waals surface area contributed by atoms with Crippen LogP contribution in [0.3, 0.4) is 0 Å². The fourth-order valence-corrected chi connectivity index (χ4v) is 4.79. The molecule has 1 unspecified atom stereocenters. The fraction of sp³-hybridized carbons (Fsp3) is 0.320. The van der Waals surface area contributed by atoms with Gasteiger partial charge >= 0.3 is 0 Å². The van der Waals surface area contributed by atoms with Gasteiger partial charge in [-0.05, 0) is 72.7 Å². The molecule has 0 aliphatic heterocycles. The summed E-state index contributed by atoms with van der Waals surface area (Å²) in [6, 6.07) is 11.1. The number of fused-ring (bicyclic) bond motifs is 2. The molecule has 1 aromatic heterocycles. The van der Waals surface area contributed by atoms with Gasteiger partial charge in [0.05, 0.1) is 6.61 Å². The number of benzene rings is 2. The van der Waals surface area contributed by atoms with Crippen LogP contribution in [0.2, 0.25) is 0 Å². The first-order valence-electron chi connectivity index (χ1n) is 10.9. The molecule has 0 spiro atoms. The van der Waals surface area contributed by atoms with Crippen molar-refractivity contribution in [3.05, 3.63) is 76.2 Å². The van der Waals surface area contributed by atoms with Crippen LogP contribution >= 0.6 is 0 Å². The Labute approximate surface area is 186 Å². The number of aromatic nitrogens is 1. The molecule has 1 amide bonds. The van der Waals surface area contributed by atoms with Crippen molar-refractivity contribution in [3.63, 3.8) is 0 Å². The van der Waals surface area contributed by atoms with Gasteiger partial charge in [0.1, 0.15) is 5.82 Å². The highest BCUT2D eigenvalue weighted by atomic mass is 19.1. The van der Waals surface area contributed by atoms with Crippen LogP contribution in [-0.4, -0.2) is 45.8 Å². The Balaban J connectivity index is 1.52. The highest BCUT2D eigenvalue weighted by molar-refractivity contribution is 5.90. The van der Waals surface area contributed by atoms with Crippen molar-refractivity contribution in [1.29, 1.82) is 0 Å². The Morgan fingerprint density at radius 3 is 2.91 bits per heavy atom. The molecule has 3 aromatic rings. The quantitative estimate of drug-likeness (QED) is 0.246. The van der Waals surface area contributed by atoms with Gasteiger partial charge in [-0.1, -0.05) is 18.2 Å². The largest absolute Gasteiger partial charge is 0.395 e. The number of rotatable bonds is 8. The average Bonchev–Trinajstić information content (AvgIpc) is 3.34. The van der Waals surface area contributed by atoms with Crippen molar-refractivity contribution in [2.45, 2.75) is 32.2 Å². The lowest BCUT2D eigenvalue weighted by Crippen LogP contribution is -2.32. The topological polar surface area (TPSA) is 88.6 Å². The van der Waals surface area contributed by atoms with Crippen molar-refractivity contribution in [3.8, 4) is 0 Å². The average molecular weight is 438 g/mol. The van der Waals surface area contributed by atoms with Crippen molar-refractivity contribution < 1.29 is 19.5 Å². The van der Waals surface area contributed by atoms with Crippen molar-refractivity contribution in [2.24, 2.45) is 0 Å². The number of aromatic amines is 1. The predicted octanol–water partition coefficient (Wildman–Crippen LogP) is 3.66. The molecule has 0 bridgehead atoms. The molecule has 4 N–H and O–H groups in total. The van der Waals surface area contributed by atoms with Crippen LogP contribution in [0.4, 0.5) is 4.39 Å². The lowest BCUT2D eigenvalue weighted by molar-refractivity contribution is -0.124. The highest BCUT2D eigenvalue weighted by Crippen LogP contribution is 2.37. The van der Waals surface area contributed by atoms with E-state index >= 15 is 0 Å². The summed E-state index contributed by atoms with van der Waals surface area (Å²) >= 11 is 0. The van der Waals surface area contributed by atoms with E-state index in [2.05, 4.69) is 22.0 Å². The second-order valence-corrected chi connectivity index (χ2v) is 8.25. The van der Waals surface area contributed by atoms with E-state index in [1.807, 2.05) is 13.0 Å². The minimum Gasteiger partial charge on any atom is -0.395 e. The zero-order valence-corrected chi connectivity index (χ0v) is 18.1. The number of H-pyrrole nitrogens is 1. The van der Waals surface area contributed by atoms with Gasteiger partial charge < -0.3 is 10.1 Å². The lowest BCUT2D eigenvalue weighted by Gasteiger charge is -2.29. The molecule has 1 atom stereocenters. The number of carbonyl (C=O) groups is 1. The van der Waals surface area contributed by atoms with E-state index < -0.39 is 5.91 Å². The maximum absolute atomic E-state index is 13.8. The van der Waals surface area contributed by atoms with E-state index in [1.165, 1.54) is 23.3 Å². The SMILES string of the molecule is Cc1[nH]c2ccc(F)cc2c1CCN(CCO)C1CCc2cc(C=CC(=O)NO)ccc21. The molecule has 1 aliphatic rings. The molecule has 1 heterocycles. The number of hydroxylamine groups is 1. The van der Waals surface area contributed by atoms with E-state index in [4.69, 9.17) is 5.21 Å². The van der Waals surface area contributed by atoms with E-state index in [0.29, 0.717) is 6.54 Å². The zero-order chi connectivity index (χ0) is 22.7. The van der Waals surface area contributed by atoms with Gasteiger partial charge in [0.2, 0.25) is 0 Å². The van der Waals surface area contributed by atoms with Crippen LogP contribution < -0.4 is 5.48 Å². The predicted molar refractivity (Wildman–Crippen MR) is 122 cm³/mol.